The quantitative estimate of drug-likeness (QED) is 0.222. The molecule has 4 rings (SSSR count). The summed E-state index contributed by atoms with van der Waals surface area (Å²) in [7, 11) is -3.31. The molecule has 0 aliphatic carbocycles. The van der Waals surface area contributed by atoms with Crippen molar-refractivity contribution in [2.24, 2.45) is 5.73 Å². The highest BCUT2D eigenvalue weighted by Gasteiger charge is 2.29. The summed E-state index contributed by atoms with van der Waals surface area (Å²) in [6.07, 6.45) is 6.98. The third-order valence-electron chi connectivity index (χ3n) is 7.82. The van der Waals surface area contributed by atoms with Crippen molar-refractivity contribution in [1.29, 1.82) is 0 Å². The van der Waals surface area contributed by atoms with Crippen molar-refractivity contribution in [2.45, 2.75) is 63.4 Å². The molecule has 2 heterocycles. The van der Waals surface area contributed by atoms with Gasteiger partial charge in [-0.25, -0.2) is 27.0 Å². The lowest BCUT2D eigenvalue weighted by atomic mass is 10.0. The Kier molecular flexibility index (Phi) is 12.9. The van der Waals surface area contributed by atoms with Gasteiger partial charge in [0.25, 0.3) is 5.91 Å². The summed E-state index contributed by atoms with van der Waals surface area (Å²) in [5.74, 6) is -2.21. The van der Waals surface area contributed by atoms with E-state index in [0.717, 1.165) is 50.2 Å². The average molecular weight is 680 g/mol. The molecule has 1 aliphatic heterocycles. The van der Waals surface area contributed by atoms with Crippen LogP contribution in [0.3, 0.4) is 0 Å². The van der Waals surface area contributed by atoms with Gasteiger partial charge in [-0.3, -0.25) is 9.69 Å². The number of amides is 3. The van der Waals surface area contributed by atoms with E-state index in [1.54, 1.807) is 36.2 Å². The zero-order valence-electron chi connectivity index (χ0n) is 26.1. The van der Waals surface area contributed by atoms with Crippen LogP contribution < -0.4 is 15.8 Å². The second-order valence-electron chi connectivity index (χ2n) is 11.3. The number of carbonyl (C=O) groups excluding carboxylic acids is 2. The summed E-state index contributed by atoms with van der Waals surface area (Å²) < 4.78 is 57.9. The lowest BCUT2D eigenvalue weighted by molar-refractivity contribution is 0.0996. The predicted molar refractivity (Wildman–Crippen MR) is 174 cm³/mol. The number of sulfone groups is 1. The number of ether oxygens (including phenoxy) is 1. The van der Waals surface area contributed by atoms with Crippen LogP contribution in [0.1, 0.15) is 60.5 Å². The Hall–Kier alpha value is -3.81. The van der Waals surface area contributed by atoms with Crippen molar-refractivity contribution >= 4 is 39.9 Å². The van der Waals surface area contributed by atoms with Crippen LogP contribution in [-0.4, -0.2) is 67.1 Å². The molecular weight excluding hydrogens is 640 g/mol. The number of benzene rings is 2. The van der Waals surface area contributed by atoms with E-state index in [0.29, 0.717) is 49.2 Å². The summed E-state index contributed by atoms with van der Waals surface area (Å²) in [5.41, 5.74) is 6.07. The molecule has 3 amide bonds. The van der Waals surface area contributed by atoms with Crippen LogP contribution in [0.15, 0.2) is 53.6 Å². The van der Waals surface area contributed by atoms with Crippen LogP contribution in [0.25, 0.3) is 0 Å². The number of aryl methyl sites for hydroxylation is 1. The summed E-state index contributed by atoms with van der Waals surface area (Å²) in [5, 5.41) is 2.52. The van der Waals surface area contributed by atoms with E-state index in [1.165, 1.54) is 6.07 Å². The van der Waals surface area contributed by atoms with E-state index in [-0.39, 0.29) is 29.0 Å². The van der Waals surface area contributed by atoms with E-state index in [4.69, 9.17) is 10.5 Å². The number of urea groups is 1. The van der Waals surface area contributed by atoms with Gasteiger partial charge in [0.1, 0.15) is 17.4 Å². The molecule has 1 aromatic heterocycles. The summed E-state index contributed by atoms with van der Waals surface area (Å²) in [6.45, 7) is 6.43. The Morgan fingerprint density at radius 2 is 1.80 bits per heavy atom. The topological polar surface area (TPSA) is 135 Å². The highest BCUT2D eigenvalue weighted by atomic mass is 35.5. The van der Waals surface area contributed by atoms with Gasteiger partial charge in [-0.2, -0.15) is 0 Å². The van der Waals surface area contributed by atoms with Crippen LogP contribution >= 0.6 is 12.4 Å². The van der Waals surface area contributed by atoms with Gasteiger partial charge in [-0.1, -0.05) is 25.8 Å². The first-order chi connectivity index (χ1) is 21.3. The number of unbranched alkanes of at least 4 members (excludes halogenated alkanes) is 2. The molecule has 10 nitrogen and oxygen atoms in total. The molecule has 1 saturated heterocycles. The molecule has 3 aromatic rings. The fourth-order valence-electron chi connectivity index (χ4n) is 5.29. The number of piperidine rings is 1. The Balaban J connectivity index is 0.00000576. The maximum absolute atomic E-state index is 14.5. The SMILES string of the molecule is CCCCCN(C(=O)Nc1cc(C(N)=O)c(F)cc1F)C1CCN(Cc2ccc(Oc3ccc(S(C)(=O)=O)cc3C)nc2)CC1.Cl. The number of pyridine rings is 1. The van der Waals surface area contributed by atoms with Crippen LogP contribution in [0, 0.1) is 18.6 Å². The maximum atomic E-state index is 14.5. The van der Waals surface area contributed by atoms with Crippen LogP contribution in [-0.2, 0) is 16.4 Å². The first-order valence-electron chi connectivity index (χ1n) is 14.9. The van der Waals surface area contributed by atoms with E-state index < -0.39 is 39.0 Å². The highest BCUT2D eigenvalue weighted by molar-refractivity contribution is 7.90. The molecule has 14 heteroatoms. The minimum absolute atomic E-state index is 0. The lowest BCUT2D eigenvalue weighted by Crippen LogP contribution is -2.49. The molecule has 0 radical (unpaired) electrons. The van der Waals surface area contributed by atoms with E-state index in [9.17, 15) is 26.8 Å². The highest BCUT2D eigenvalue weighted by Crippen LogP contribution is 2.27. The van der Waals surface area contributed by atoms with Crippen molar-refractivity contribution < 1.29 is 31.5 Å². The van der Waals surface area contributed by atoms with Gasteiger partial charge in [-0.05, 0) is 61.6 Å². The average Bonchev–Trinajstić information content (AvgIpc) is 2.98. The number of nitrogens with two attached hydrogens (primary N) is 1. The van der Waals surface area contributed by atoms with E-state index >= 15 is 0 Å². The molecule has 46 heavy (non-hydrogen) atoms. The second kappa shape index (κ2) is 16.1. The fourth-order valence-corrected chi connectivity index (χ4v) is 6.00. The molecule has 0 atom stereocenters. The third kappa shape index (κ3) is 9.60. The number of primary amides is 1. The molecule has 0 unspecified atom stereocenters. The van der Waals surface area contributed by atoms with Crippen molar-refractivity contribution in [2.75, 3.05) is 31.2 Å². The molecule has 250 valence electrons. The number of carbonyl (C=O) groups is 2. The number of aromatic nitrogens is 1. The molecule has 0 saturated carbocycles. The number of halogens is 3. The number of anilines is 1. The maximum Gasteiger partial charge on any atom is 0.322 e. The first-order valence-corrected chi connectivity index (χ1v) is 16.8. The number of likely N-dealkylation sites (tertiary alicyclic amines) is 1. The van der Waals surface area contributed by atoms with Crippen molar-refractivity contribution in [3.05, 3.63) is 77.0 Å². The van der Waals surface area contributed by atoms with E-state index in [2.05, 4.69) is 22.1 Å². The molecule has 1 fully saturated rings. The minimum atomic E-state index is -3.31. The standard InChI is InChI=1S/C32H39F2N5O5S.ClH/c1-4-5-6-13-39(32(41)37-28-17-25(31(35)40)26(33)18-27(28)34)23-11-14-38(15-12-23)20-22-7-10-30(36-19-22)44-29-9-8-24(16-21(29)2)45(3,42)43;/h7-10,16-19,23H,4-6,11-15,20H2,1-3H3,(H2,35,40)(H,37,41);1H. The Labute approximate surface area is 274 Å². The summed E-state index contributed by atoms with van der Waals surface area (Å²) in [4.78, 5) is 33.5. The van der Waals surface area contributed by atoms with E-state index in [1.807, 2.05) is 6.07 Å². The molecule has 0 spiro atoms. The Morgan fingerprint density at radius 1 is 1.09 bits per heavy atom. The summed E-state index contributed by atoms with van der Waals surface area (Å²) >= 11 is 0. The summed E-state index contributed by atoms with van der Waals surface area (Å²) in [6, 6.07) is 9.27. The van der Waals surface area contributed by atoms with Crippen LogP contribution in [0.2, 0.25) is 0 Å². The van der Waals surface area contributed by atoms with Crippen molar-refractivity contribution in [1.82, 2.24) is 14.8 Å². The van der Waals surface area contributed by atoms with Gasteiger partial charge in [0.15, 0.2) is 9.84 Å². The number of nitrogens with one attached hydrogen (secondary N) is 1. The van der Waals surface area contributed by atoms with Gasteiger partial charge >= 0.3 is 6.03 Å². The zero-order chi connectivity index (χ0) is 32.7. The third-order valence-corrected chi connectivity index (χ3v) is 8.93. The number of nitrogens with zero attached hydrogens (tertiary/aromatic N) is 3. The normalized spacial score (nSPS) is 13.9. The predicted octanol–water partition coefficient (Wildman–Crippen LogP) is 6.07. The molecule has 3 N–H and O–H groups in total. The van der Waals surface area contributed by atoms with Gasteiger partial charge in [-0.15, -0.1) is 12.4 Å². The minimum Gasteiger partial charge on any atom is -0.439 e. The Morgan fingerprint density at radius 3 is 2.39 bits per heavy atom. The van der Waals surface area contributed by atoms with Gasteiger partial charge in [0.2, 0.25) is 5.88 Å². The van der Waals surface area contributed by atoms with Crippen LogP contribution in [0.4, 0.5) is 19.3 Å². The van der Waals surface area contributed by atoms with Gasteiger partial charge in [0, 0.05) is 56.8 Å². The number of hydrogen-bond donors (Lipinski definition) is 2. The number of rotatable bonds is 12. The second-order valence-corrected chi connectivity index (χ2v) is 13.3. The Bertz CT molecular complexity index is 1630. The largest absolute Gasteiger partial charge is 0.439 e. The molecule has 2 aromatic carbocycles. The smallest absolute Gasteiger partial charge is 0.322 e. The molecule has 0 bridgehead atoms. The first kappa shape index (κ1) is 36.7. The van der Waals surface area contributed by atoms with Gasteiger partial charge < -0.3 is 20.7 Å². The monoisotopic (exact) mass is 679 g/mol. The number of hydrogen-bond acceptors (Lipinski definition) is 7. The lowest BCUT2D eigenvalue weighted by Gasteiger charge is -2.38. The fraction of sp³-hybridized carbons (Fsp3) is 0.406. The van der Waals surface area contributed by atoms with Crippen molar-refractivity contribution in [3.63, 3.8) is 0 Å². The van der Waals surface area contributed by atoms with Gasteiger partial charge in [0.05, 0.1) is 16.1 Å². The zero-order valence-corrected chi connectivity index (χ0v) is 27.7. The van der Waals surface area contributed by atoms with Crippen LogP contribution in [0.5, 0.6) is 11.6 Å². The molecular formula is C32H40ClF2N5O5S. The molecule has 1 aliphatic rings. The van der Waals surface area contributed by atoms with Crippen molar-refractivity contribution in [3.8, 4) is 11.6 Å².